The van der Waals surface area contributed by atoms with Gasteiger partial charge in [-0.1, -0.05) is 17.8 Å². The maximum absolute atomic E-state index is 12.5. The fraction of sp³-hybridized carbons (Fsp3) is 0.368. The van der Waals surface area contributed by atoms with Crippen molar-refractivity contribution in [2.24, 2.45) is 10.7 Å². The second-order valence-electron chi connectivity index (χ2n) is 6.50. The molecule has 144 valence electrons. The minimum atomic E-state index is -0.455. The Hall–Kier alpha value is -2.12. The Kier molecular flexibility index (Phi) is 6.84. The smallest absolute Gasteiger partial charge is 0.187 e. The fourth-order valence-corrected chi connectivity index (χ4v) is 3.95. The molecule has 1 aliphatic heterocycles. The number of methoxy groups -OCH3 is 1. The van der Waals surface area contributed by atoms with Gasteiger partial charge in [-0.05, 0) is 38.0 Å². The molecule has 2 N–H and O–H groups in total. The Labute approximate surface area is 169 Å². The van der Waals surface area contributed by atoms with Crippen molar-refractivity contribution in [1.29, 1.82) is 0 Å². The van der Waals surface area contributed by atoms with Crippen molar-refractivity contribution in [2.75, 3.05) is 12.9 Å². The fourth-order valence-electron chi connectivity index (χ4n) is 2.98. The van der Waals surface area contributed by atoms with Crippen LogP contribution in [-0.4, -0.2) is 33.8 Å². The summed E-state index contributed by atoms with van der Waals surface area (Å²) in [6.07, 6.45) is 4.23. The molecule has 0 saturated heterocycles. The van der Waals surface area contributed by atoms with E-state index in [1.165, 1.54) is 6.20 Å². The summed E-state index contributed by atoms with van der Waals surface area (Å²) in [6.45, 7) is 3.89. The molecule has 0 aliphatic carbocycles. The van der Waals surface area contributed by atoms with E-state index in [0.29, 0.717) is 10.9 Å². The van der Waals surface area contributed by atoms with Crippen LogP contribution in [-0.2, 0) is 12.0 Å². The number of aliphatic imine (C=N–C) groups is 1. The molecule has 0 spiro atoms. The third-order valence-corrected chi connectivity index (χ3v) is 5.27. The van der Waals surface area contributed by atoms with E-state index in [2.05, 4.69) is 21.9 Å². The average molecular weight is 407 g/mol. The van der Waals surface area contributed by atoms with Crippen molar-refractivity contribution in [2.45, 2.75) is 32.2 Å². The number of aromatic nitrogens is 2. The number of carbonyl (C=O) groups is 1. The monoisotopic (exact) mass is 406 g/mol. The predicted molar refractivity (Wildman–Crippen MR) is 111 cm³/mol. The van der Waals surface area contributed by atoms with Crippen molar-refractivity contribution in [3.63, 3.8) is 0 Å². The minimum Gasteiger partial charge on any atom is -0.496 e. The van der Waals surface area contributed by atoms with E-state index in [-0.39, 0.29) is 24.6 Å². The molecule has 6 nitrogen and oxygen atoms in total. The first-order valence-corrected chi connectivity index (χ1v) is 9.37. The zero-order chi connectivity index (χ0) is 18.7. The van der Waals surface area contributed by atoms with Crippen LogP contribution in [0.2, 0.25) is 0 Å². The molecule has 3 rings (SSSR count). The SMILES string of the molecule is COc1ccc(CC(=O)c2cnc(C)cn2)cc1[C@]1(C)CCSC(N)=N1.Cl. The average Bonchev–Trinajstić information content (AvgIpc) is 2.62. The third kappa shape index (κ3) is 4.78. The number of aryl methyl sites for hydroxylation is 1. The normalized spacial score (nSPS) is 19.0. The van der Waals surface area contributed by atoms with E-state index in [1.54, 1.807) is 25.1 Å². The molecular formula is C19H23ClN4O2S. The standard InChI is InChI=1S/C19H22N4O2S.ClH/c1-12-10-22-15(11-21-12)16(24)9-13-4-5-17(25-3)14(8-13)19(2)6-7-26-18(20)23-19;/h4-5,8,10-11H,6-7,9H2,1-3H3,(H2,20,23);1H/t19-;/m0./s1. The summed E-state index contributed by atoms with van der Waals surface area (Å²) in [6, 6.07) is 5.78. The molecule has 0 unspecified atom stereocenters. The number of carbonyl (C=O) groups excluding carboxylic acids is 1. The molecule has 1 aromatic heterocycles. The molecule has 0 amide bonds. The second-order valence-corrected chi connectivity index (χ2v) is 7.62. The van der Waals surface area contributed by atoms with Gasteiger partial charge in [-0.3, -0.25) is 14.8 Å². The Morgan fingerprint density at radius 3 is 2.74 bits per heavy atom. The topological polar surface area (TPSA) is 90.5 Å². The first-order valence-electron chi connectivity index (χ1n) is 8.38. The molecule has 0 radical (unpaired) electrons. The van der Waals surface area contributed by atoms with Gasteiger partial charge in [-0.2, -0.15) is 0 Å². The summed E-state index contributed by atoms with van der Waals surface area (Å²) in [5.74, 6) is 1.58. The van der Waals surface area contributed by atoms with Crippen molar-refractivity contribution in [1.82, 2.24) is 9.97 Å². The molecule has 0 fully saturated rings. The molecule has 8 heteroatoms. The number of nitrogens with zero attached hydrogens (tertiary/aromatic N) is 3. The first kappa shape index (κ1) is 21.2. The lowest BCUT2D eigenvalue weighted by Gasteiger charge is -2.31. The van der Waals surface area contributed by atoms with Crippen LogP contribution in [0, 0.1) is 6.92 Å². The number of benzene rings is 1. The Morgan fingerprint density at radius 1 is 1.33 bits per heavy atom. The summed E-state index contributed by atoms with van der Waals surface area (Å²) in [5, 5.41) is 0.581. The Balaban J connectivity index is 0.00000261. The lowest BCUT2D eigenvalue weighted by molar-refractivity contribution is 0.0987. The van der Waals surface area contributed by atoms with E-state index in [0.717, 1.165) is 34.7 Å². The van der Waals surface area contributed by atoms with Gasteiger partial charge in [0.05, 0.1) is 24.5 Å². The summed E-state index contributed by atoms with van der Waals surface area (Å²) < 4.78 is 5.53. The number of amidine groups is 1. The van der Waals surface area contributed by atoms with Crippen molar-refractivity contribution >= 4 is 35.1 Å². The molecule has 27 heavy (non-hydrogen) atoms. The Bertz CT molecular complexity index is 857. The van der Waals surface area contributed by atoms with Crippen LogP contribution >= 0.6 is 24.2 Å². The molecule has 1 aliphatic rings. The van der Waals surface area contributed by atoms with Crippen molar-refractivity contribution in [3.05, 3.63) is 53.1 Å². The van der Waals surface area contributed by atoms with Gasteiger partial charge in [0.15, 0.2) is 11.0 Å². The van der Waals surface area contributed by atoms with E-state index in [9.17, 15) is 4.79 Å². The number of hydrogen-bond acceptors (Lipinski definition) is 7. The van der Waals surface area contributed by atoms with E-state index >= 15 is 0 Å². The highest BCUT2D eigenvalue weighted by Crippen LogP contribution is 2.40. The highest BCUT2D eigenvalue weighted by atomic mass is 35.5. The van der Waals surface area contributed by atoms with Gasteiger partial charge in [0.2, 0.25) is 0 Å². The van der Waals surface area contributed by atoms with Crippen LogP contribution < -0.4 is 10.5 Å². The van der Waals surface area contributed by atoms with Gasteiger partial charge < -0.3 is 10.5 Å². The summed E-state index contributed by atoms with van der Waals surface area (Å²) in [7, 11) is 1.64. The van der Waals surface area contributed by atoms with Crippen LogP contribution in [0.4, 0.5) is 0 Å². The van der Waals surface area contributed by atoms with Gasteiger partial charge in [0.25, 0.3) is 0 Å². The molecular weight excluding hydrogens is 384 g/mol. The quantitative estimate of drug-likeness (QED) is 0.766. The lowest BCUT2D eigenvalue weighted by Crippen LogP contribution is -2.29. The number of ketones is 1. The van der Waals surface area contributed by atoms with Crippen LogP contribution in [0.15, 0.2) is 35.6 Å². The third-order valence-electron chi connectivity index (χ3n) is 4.47. The van der Waals surface area contributed by atoms with E-state index in [1.807, 2.05) is 25.1 Å². The highest BCUT2D eigenvalue weighted by molar-refractivity contribution is 8.13. The number of hydrogen-bond donors (Lipinski definition) is 1. The van der Waals surface area contributed by atoms with Gasteiger partial charge in [-0.25, -0.2) is 4.98 Å². The Morgan fingerprint density at radius 2 is 2.11 bits per heavy atom. The summed E-state index contributed by atoms with van der Waals surface area (Å²) in [4.78, 5) is 25.5. The first-order chi connectivity index (χ1) is 12.4. The van der Waals surface area contributed by atoms with Gasteiger partial charge in [0.1, 0.15) is 11.4 Å². The molecule has 2 heterocycles. The molecule has 1 aromatic carbocycles. The minimum absolute atomic E-state index is 0. The van der Waals surface area contributed by atoms with Gasteiger partial charge in [0, 0.05) is 23.9 Å². The second kappa shape index (κ2) is 8.71. The number of nitrogens with two attached hydrogens (primary N) is 1. The van der Waals surface area contributed by atoms with E-state index < -0.39 is 5.54 Å². The number of halogens is 1. The number of Topliss-reactive ketones (excluding diaryl/α,β-unsaturated/α-hetero) is 1. The van der Waals surface area contributed by atoms with Crippen LogP contribution in [0.25, 0.3) is 0 Å². The molecule has 2 aromatic rings. The predicted octanol–water partition coefficient (Wildman–Crippen LogP) is 3.31. The lowest BCUT2D eigenvalue weighted by atomic mass is 9.87. The van der Waals surface area contributed by atoms with Crippen LogP contribution in [0.1, 0.15) is 40.7 Å². The molecule has 0 bridgehead atoms. The maximum atomic E-state index is 12.5. The summed E-state index contributed by atoms with van der Waals surface area (Å²) >= 11 is 1.56. The maximum Gasteiger partial charge on any atom is 0.187 e. The van der Waals surface area contributed by atoms with Gasteiger partial charge in [-0.15, -0.1) is 12.4 Å². The van der Waals surface area contributed by atoms with Crippen LogP contribution in [0.5, 0.6) is 5.75 Å². The number of rotatable bonds is 5. The van der Waals surface area contributed by atoms with E-state index in [4.69, 9.17) is 10.5 Å². The molecule has 0 saturated carbocycles. The van der Waals surface area contributed by atoms with Crippen LogP contribution in [0.3, 0.4) is 0 Å². The van der Waals surface area contributed by atoms with Gasteiger partial charge >= 0.3 is 0 Å². The zero-order valence-electron chi connectivity index (χ0n) is 15.6. The molecule has 1 atom stereocenters. The largest absolute Gasteiger partial charge is 0.496 e. The highest BCUT2D eigenvalue weighted by Gasteiger charge is 2.32. The summed E-state index contributed by atoms with van der Waals surface area (Å²) in [5.41, 5.74) is 8.49. The number of ether oxygens (including phenoxy) is 1. The number of thioether (sulfide) groups is 1. The zero-order valence-corrected chi connectivity index (χ0v) is 17.2. The van der Waals surface area contributed by atoms with Crippen molar-refractivity contribution in [3.8, 4) is 5.75 Å². The van der Waals surface area contributed by atoms with Crippen molar-refractivity contribution < 1.29 is 9.53 Å².